The van der Waals surface area contributed by atoms with Gasteiger partial charge in [-0.05, 0) is 30.9 Å². The molecule has 0 heterocycles. The van der Waals surface area contributed by atoms with Crippen molar-refractivity contribution in [3.05, 3.63) is 29.8 Å². The third-order valence-electron chi connectivity index (χ3n) is 3.48. The predicted octanol–water partition coefficient (Wildman–Crippen LogP) is 3.89. The Bertz CT molecular complexity index is 406. The number of terminal acetylenes is 1. The number of hydrogen-bond acceptors (Lipinski definition) is 2. The van der Waals surface area contributed by atoms with Gasteiger partial charge in [-0.25, -0.2) is 0 Å². The molecule has 0 radical (unpaired) electrons. The van der Waals surface area contributed by atoms with Crippen molar-refractivity contribution >= 4 is 0 Å². The lowest BCUT2D eigenvalue weighted by Gasteiger charge is -2.18. The summed E-state index contributed by atoms with van der Waals surface area (Å²) in [7, 11) is 1.73. The standard InChI is InChI=1S/C17H24O2/c1-5-14(3)11-12-16(18-4)13-19-17-10-8-7-9-15(17)6-2/h2,7-10,14,16H,5,11-13H2,1,3-4H3. The first-order valence-electron chi connectivity index (χ1n) is 6.92. The Balaban J connectivity index is 2.47. The maximum atomic E-state index is 5.78. The molecule has 1 aromatic carbocycles. The average molecular weight is 260 g/mol. The van der Waals surface area contributed by atoms with Crippen molar-refractivity contribution in [2.45, 2.75) is 39.2 Å². The summed E-state index contributed by atoms with van der Waals surface area (Å²) >= 11 is 0. The van der Waals surface area contributed by atoms with E-state index in [0.29, 0.717) is 6.61 Å². The molecule has 0 bridgehead atoms. The first-order chi connectivity index (χ1) is 9.21. The molecule has 0 aromatic heterocycles. The Morgan fingerprint density at radius 2 is 2.00 bits per heavy atom. The summed E-state index contributed by atoms with van der Waals surface area (Å²) < 4.78 is 11.2. The Morgan fingerprint density at radius 1 is 1.26 bits per heavy atom. The molecule has 2 nitrogen and oxygen atoms in total. The third kappa shape index (κ3) is 5.36. The highest BCUT2D eigenvalue weighted by Crippen LogP contribution is 2.18. The van der Waals surface area contributed by atoms with E-state index in [4.69, 9.17) is 15.9 Å². The number of ether oxygens (including phenoxy) is 2. The Kier molecular flexibility index (Phi) is 7.07. The van der Waals surface area contributed by atoms with Gasteiger partial charge in [0.1, 0.15) is 12.4 Å². The van der Waals surface area contributed by atoms with Crippen LogP contribution in [0.5, 0.6) is 5.75 Å². The minimum Gasteiger partial charge on any atom is -0.490 e. The molecule has 104 valence electrons. The molecule has 0 aliphatic rings. The maximum absolute atomic E-state index is 5.78. The molecule has 0 amide bonds. The SMILES string of the molecule is C#Cc1ccccc1OCC(CCC(C)CC)OC. The maximum Gasteiger partial charge on any atom is 0.135 e. The first-order valence-corrected chi connectivity index (χ1v) is 6.92. The van der Waals surface area contributed by atoms with Crippen molar-refractivity contribution in [2.75, 3.05) is 13.7 Å². The summed E-state index contributed by atoms with van der Waals surface area (Å²) in [6, 6.07) is 7.63. The lowest BCUT2D eigenvalue weighted by Crippen LogP contribution is -2.21. The van der Waals surface area contributed by atoms with Gasteiger partial charge in [0.05, 0.1) is 11.7 Å². The summed E-state index contributed by atoms with van der Waals surface area (Å²) in [5, 5.41) is 0. The van der Waals surface area contributed by atoms with Crippen molar-refractivity contribution in [3.8, 4) is 18.1 Å². The van der Waals surface area contributed by atoms with Crippen LogP contribution in [0.25, 0.3) is 0 Å². The van der Waals surface area contributed by atoms with Gasteiger partial charge in [0, 0.05) is 7.11 Å². The van der Waals surface area contributed by atoms with Crippen molar-refractivity contribution in [3.63, 3.8) is 0 Å². The van der Waals surface area contributed by atoms with Gasteiger partial charge in [0.2, 0.25) is 0 Å². The molecule has 2 heteroatoms. The Morgan fingerprint density at radius 3 is 2.63 bits per heavy atom. The number of hydrogen-bond donors (Lipinski definition) is 0. The second-order valence-corrected chi connectivity index (χ2v) is 4.90. The number of para-hydroxylation sites is 1. The van der Waals surface area contributed by atoms with Gasteiger partial charge >= 0.3 is 0 Å². The number of methoxy groups -OCH3 is 1. The molecular formula is C17H24O2. The van der Waals surface area contributed by atoms with Crippen LogP contribution in [0.1, 0.15) is 38.7 Å². The van der Waals surface area contributed by atoms with E-state index in [1.54, 1.807) is 7.11 Å². The van der Waals surface area contributed by atoms with Crippen molar-refractivity contribution < 1.29 is 9.47 Å². The molecule has 0 saturated carbocycles. The second kappa shape index (κ2) is 8.61. The molecular weight excluding hydrogens is 236 g/mol. The number of benzene rings is 1. The van der Waals surface area contributed by atoms with Gasteiger partial charge in [0.15, 0.2) is 0 Å². The summed E-state index contributed by atoms with van der Waals surface area (Å²) in [5.74, 6) is 4.12. The van der Waals surface area contributed by atoms with E-state index >= 15 is 0 Å². The average Bonchev–Trinajstić information content (AvgIpc) is 2.47. The molecule has 2 unspecified atom stereocenters. The number of rotatable bonds is 8. The van der Waals surface area contributed by atoms with Gasteiger partial charge in [-0.15, -0.1) is 6.42 Å². The summed E-state index contributed by atoms with van der Waals surface area (Å²) in [5.41, 5.74) is 0.791. The van der Waals surface area contributed by atoms with Crippen LogP contribution in [0.4, 0.5) is 0 Å². The van der Waals surface area contributed by atoms with Crippen molar-refractivity contribution in [2.24, 2.45) is 5.92 Å². The molecule has 1 aromatic rings. The molecule has 0 aliphatic heterocycles. The lowest BCUT2D eigenvalue weighted by atomic mass is 10.0. The van der Waals surface area contributed by atoms with E-state index in [1.165, 1.54) is 6.42 Å². The van der Waals surface area contributed by atoms with Gasteiger partial charge in [-0.2, -0.15) is 0 Å². The van der Waals surface area contributed by atoms with Crippen LogP contribution in [0.2, 0.25) is 0 Å². The molecule has 0 fully saturated rings. The Labute approximate surface area is 117 Å². The second-order valence-electron chi connectivity index (χ2n) is 4.90. The van der Waals surface area contributed by atoms with Crippen molar-refractivity contribution in [1.82, 2.24) is 0 Å². The van der Waals surface area contributed by atoms with Crippen LogP contribution in [-0.4, -0.2) is 19.8 Å². The highest BCUT2D eigenvalue weighted by molar-refractivity contribution is 5.44. The highest BCUT2D eigenvalue weighted by Gasteiger charge is 2.11. The predicted molar refractivity (Wildman–Crippen MR) is 79.4 cm³/mol. The van der Waals surface area contributed by atoms with E-state index in [-0.39, 0.29) is 6.10 Å². The summed E-state index contributed by atoms with van der Waals surface area (Å²) in [6.45, 7) is 5.03. The van der Waals surface area contributed by atoms with Crippen LogP contribution in [0, 0.1) is 18.3 Å². The quantitative estimate of drug-likeness (QED) is 0.660. The van der Waals surface area contributed by atoms with E-state index in [1.807, 2.05) is 24.3 Å². The summed E-state index contributed by atoms with van der Waals surface area (Å²) in [6.07, 6.45) is 8.95. The van der Waals surface area contributed by atoms with Crippen LogP contribution in [0.15, 0.2) is 24.3 Å². The minimum atomic E-state index is 0.125. The van der Waals surface area contributed by atoms with E-state index < -0.39 is 0 Å². The fraction of sp³-hybridized carbons (Fsp3) is 0.529. The fourth-order valence-corrected chi connectivity index (χ4v) is 1.84. The molecule has 1 rings (SSSR count). The fourth-order valence-electron chi connectivity index (χ4n) is 1.84. The molecule has 0 N–H and O–H groups in total. The van der Waals surface area contributed by atoms with Crippen LogP contribution in [0.3, 0.4) is 0 Å². The van der Waals surface area contributed by atoms with Crippen LogP contribution >= 0.6 is 0 Å². The highest BCUT2D eigenvalue weighted by atomic mass is 16.5. The van der Waals surface area contributed by atoms with Crippen molar-refractivity contribution in [1.29, 1.82) is 0 Å². The zero-order valence-corrected chi connectivity index (χ0v) is 12.2. The largest absolute Gasteiger partial charge is 0.490 e. The van der Waals surface area contributed by atoms with Crippen LogP contribution < -0.4 is 4.74 Å². The van der Waals surface area contributed by atoms with Gasteiger partial charge in [-0.3, -0.25) is 0 Å². The van der Waals surface area contributed by atoms with Gasteiger partial charge < -0.3 is 9.47 Å². The minimum absolute atomic E-state index is 0.125. The first kappa shape index (κ1) is 15.6. The zero-order valence-electron chi connectivity index (χ0n) is 12.2. The topological polar surface area (TPSA) is 18.5 Å². The van der Waals surface area contributed by atoms with Gasteiger partial charge in [0.25, 0.3) is 0 Å². The molecule has 0 saturated heterocycles. The molecule has 2 atom stereocenters. The summed E-state index contributed by atoms with van der Waals surface area (Å²) in [4.78, 5) is 0. The Hall–Kier alpha value is -1.46. The van der Waals surface area contributed by atoms with Crippen LogP contribution in [-0.2, 0) is 4.74 Å². The monoisotopic (exact) mass is 260 g/mol. The van der Waals surface area contributed by atoms with Gasteiger partial charge in [-0.1, -0.05) is 38.3 Å². The van der Waals surface area contributed by atoms with E-state index in [9.17, 15) is 0 Å². The smallest absolute Gasteiger partial charge is 0.135 e. The molecule has 0 aliphatic carbocycles. The van der Waals surface area contributed by atoms with E-state index in [2.05, 4.69) is 19.8 Å². The zero-order chi connectivity index (χ0) is 14.1. The molecule has 19 heavy (non-hydrogen) atoms. The third-order valence-corrected chi connectivity index (χ3v) is 3.48. The lowest BCUT2D eigenvalue weighted by molar-refractivity contribution is 0.0476. The normalized spacial score (nSPS) is 13.6. The van der Waals surface area contributed by atoms with E-state index in [0.717, 1.165) is 30.1 Å². The molecule has 0 spiro atoms.